The van der Waals surface area contributed by atoms with Crippen molar-refractivity contribution in [1.82, 2.24) is 10.3 Å². The second-order valence-corrected chi connectivity index (χ2v) is 11.1. The Hall–Kier alpha value is -2.31. The van der Waals surface area contributed by atoms with E-state index in [9.17, 15) is 9.59 Å². The summed E-state index contributed by atoms with van der Waals surface area (Å²) < 4.78 is 6.29. The summed E-state index contributed by atoms with van der Waals surface area (Å²) in [6, 6.07) is 5.81. The van der Waals surface area contributed by atoms with Gasteiger partial charge in [-0.25, -0.2) is 0 Å². The maximum absolute atomic E-state index is 13.2. The van der Waals surface area contributed by atoms with E-state index in [1.807, 2.05) is 32.9 Å². The van der Waals surface area contributed by atoms with Crippen LogP contribution in [-0.2, 0) is 11.3 Å². The molecule has 1 aromatic carbocycles. The first-order chi connectivity index (χ1) is 15.7. The van der Waals surface area contributed by atoms with Gasteiger partial charge in [0.1, 0.15) is 0 Å². The number of amides is 1. The van der Waals surface area contributed by atoms with Crippen molar-refractivity contribution in [2.75, 3.05) is 11.4 Å². The number of halogens is 1. The van der Waals surface area contributed by atoms with Gasteiger partial charge in [-0.05, 0) is 97.6 Å². The Morgan fingerprint density at radius 2 is 1.76 bits per heavy atom. The predicted molar refractivity (Wildman–Crippen MR) is 139 cm³/mol. The lowest BCUT2D eigenvalue weighted by molar-refractivity contribution is -0.161. The van der Waals surface area contributed by atoms with Crippen molar-refractivity contribution in [3.05, 3.63) is 61.5 Å². The highest BCUT2D eigenvalue weighted by Gasteiger charge is 2.41. The fourth-order valence-electron chi connectivity index (χ4n) is 5.45. The summed E-state index contributed by atoms with van der Waals surface area (Å²) in [5.74, 6) is -0.246. The first-order valence-corrected chi connectivity index (χ1v) is 12.4. The van der Waals surface area contributed by atoms with Crippen LogP contribution in [0.15, 0.2) is 23.0 Å². The van der Waals surface area contributed by atoms with Crippen molar-refractivity contribution in [2.45, 2.75) is 92.0 Å². The molecular weight excluding hydrogens is 450 g/mol. The van der Waals surface area contributed by atoms with Gasteiger partial charge in [-0.2, -0.15) is 0 Å². The van der Waals surface area contributed by atoms with Crippen molar-refractivity contribution in [3.8, 4) is 0 Å². The van der Waals surface area contributed by atoms with Crippen molar-refractivity contribution < 1.29 is 9.53 Å². The van der Waals surface area contributed by atoms with Crippen molar-refractivity contribution >= 4 is 23.2 Å². The molecule has 0 spiro atoms. The highest BCUT2D eigenvalue weighted by atomic mass is 35.5. The normalized spacial score (nSPS) is 17.4. The summed E-state index contributed by atoms with van der Waals surface area (Å²) in [5, 5.41) is 3.43. The molecule has 6 nitrogen and oxygen atoms in total. The van der Waals surface area contributed by atoms with Gasteiger partial charge in [-0.1, -0.05) is 11.6 Å². The van der Waals surface area contributed by atoms with E-state index in [4.69, 9.17) is 16.3 Å². The number of aromatic amines is 1. The molecule has 1 aromatic heterocycles. The number of nitrogens with zero attached hydrogens (tertiary/aromatic N) is 1. The predicted octanol–water partition coefficient (Wildman–Crippen LogP) is 5.45. The molecule has 0 atom stereocenters. The number of aryl methyl sites for hydroxylation is 2. The average molecular weight is 488 g/mol. The van der Waals surface area contributed by atoms with Crippen LogP contribution >= 0.6 is 11.6 Å². The summed E-state index contributed by atoms with van der Waals surface area (Å²) in [6.45, 7) is 17.3. The van der Waals surface area contributed by atoms with E-state index in [0.29, 0.717) is 16.1 Å². The minimum atomic E-state index is -0.246. The Labute approximate surface area is 208 Å². The topological polar surface area (TPSA) is 74.4 Å². The van der Waals surface area contributed by atoms with Crippen LogP contribution < -0.4 is 15.8 Å². The number of rotatable bonds is 6. The minimum absolute atomic E-state index is 0.154. The summed E-state index contributed by atoms with van der Waals surface area (Å²) in [6.07, 6.45) is 1.76. The van der Waals surface area contributed by atoms with Crippen LogP contribution in [-0.4, -0.2) is 34.7 Å². The van der Waals surface area contributed by atoms with Gasteiger partial charge in [0.25, 0.3) is 11.5 Å². The van der Waals surface area contributed by atoms with E-state index in [0.717, 1.165) is 41.9 Å². The molecular formula is C27H38ClN3O3. The number of H-pyrrole nitrogens is 1. The zero-order valence-electron chi connectivity index (χ0n) is 21.7. The fourth-order valence-corrected chi connectivity index (χ4v) is 5.66. The summed E-state index contributed by atoms with van der Waals surface area (Å²) in [7, 11) is 0. The van der Waals surface area contributed by atoms with Crippen molar-refractivity contribution in [1.29, 1.82) is 0 Å². The standard InChI is InChI=1S/C27H38ClN3O3/c1-9-31(20-13-26(5,6)34-27(7,8)14-20)23-12-19(28)11-21(18(23)4)24(32)29-15-22-16(2)10-17(3)30-25(22)33/h10-12,20H,9,13-15H2,1-8H3,(H,29,32)(H,30,33). The molecule has 0 unspecified atom stereocenters. The molecule has 1 saturated heterocycles. The highest BCUT2D eigenvalue weighted by Crippen LogP contribution is 2.40. The number of nitrogens with one attached hydrogen (secondary N) is 2. The lowest BCUT2D eigenvalue weighted by atomic mass is 9.84. The first kappa shape index (κ1) is 26.3. The fraction of sp³-hybridized carbons (Fsp3) is 0.556. The highest BCUT2D eigenvalue weighted by molar-refractivity contribution is 6.31. The van der Waals surface area contributed by atoms with Crippen LogP contribution in [0.1, 0.15) is 80.2 Å². The summed E-state index contributed by atoms with van der Waals surface area (Å²) >= 11 is 6.52. The Morgan fingerprint density at radius 1 is 1.15 bits per heavy atom. The molecule has 186 valence electrons. The molecule has 2 heterocycles. The molecule has 1 fully saturated rings. The van der Waals surface area contributed by atoms with E-state index < -0.39 is 0 Å². The van der Waals surface area contributed by atoms with Crippen molar-refractivity contribution in [3.63, 3.8) is 0 Å². The first-order valence-electron chi connectivity index (χ1n) is 12.0. The SMILES string of the molecule is CCN(c1cc(Cl)cc(C(=O)NCc2c(C)cc(C)[nH]c2=O)c1C)C1CC(C)(C)OC(C)(C)C1. The van der Waals surface area contributed by atoms with E-state index in [-0.39, 0.29) is 35.3 Å². The zero-order valence-corrected chi connectivity index (χ0v) is 22.4. The van der Waals surface area contributed by atoms with E-state index in [1.165, 1.54) is 0 Å². The van der Waals surface area contributed by atoms with Gasteiger partial charge in [0, 0.05) is 46.7 Å². The Kier molecular flexibility index (Phi) is 7.54. The van der Waals surface area contributed by atoms with Crippen LogP contribution in [0.5, 0.6) is 0 Å². The molecule has 3 rings (SSSR count). The number of hydrogen-bond donors (Lipinski definition) is 2. The summed E-state index contributed by atoms with van der Waals surface area (Å²) in [5.41, 5.74) is 3.90. The third kappa shape index (κ3) is 5.84. The zero-order chi connectivity index (χ0) is 25.4. The molecule has 7 heteroatoms. The molecule has 0 aliphatic carbocycles. The van der Waals surface area contributed by atoms with Gasteiger partial charge < -0.3 is 19.9 Å². The molecule has 1 aliphatic heterocycles. The quantitative estimate of drug-likeness (QED) is 0.568. The number of pyridine rings is 1. The van der Waals surface area contributed by atoms with Crippen LogP contribution in [0.3, 0.4) is 0 Å². The molecule has 34 heavy (non-hydrogen) atoms. The molecule has 0 saturated carbocycles. The second kappa shape index (κ2) is 9.74. The third-order valence-electron chi connectivity index (χ3n) is 6.61. The van der Waals surface area contributed by atoms with Gasteiger partial charge in [0.2, 0.25) is 0 Å². The molecule has 1 amide bonds. The monoisotopic (exact) mass is 487 g/mol. The third-order valence-corrected chi connectivity index (χ3v) is 6.83. The second-order valence-electron chi connectivity index (χ2n) is 10.7. The lowest BCUT2D eigenvalue weighted by Crippen LogP contribution is -2.53. The number of hydrogen-bond acceptors (Lipinski definition) is 4. The van der Waals surface area contributed by atoms with Crippen LogP contribution in [0, 0.1) is 20.8 Å². The van der Waals surface area contributed by atoms with Crippen LogP contribution in [0.25, 0.3) is 0 Å². The van der Waals surface area contributed by atoms with Gasteiger partial charge in [-0.15, -0.1) is 0 Å². The molecule has 0 bridgehead atoms. The maximum atomic E-state index is 13.2. The Morgan fingerprint density at radius 3 is 2.32 bits per heavy atom. The number of ether oxygens (including phenoxy) is 1. The number of carbonyl (C=O) groups is 1. The molecule has 1 aliphatic rings. The molecule has 2 aromatic rings. The van der Waals surface area contributed by atoms with Gasteiger partial charge in [0.15, 0.2) is 0 Å². The Balaban J connectivity index is 1.90. The number of aromatic nitrogens is 1. The van der Waals surface area contributed by atoms with E-state index in [1.54, 1.807) is 6.07 Å². The van der Waals surface area contributed by atoms with Crippen LogP contribution in [0.4, 0.5) is 5.69 Å². The average Bonchev–Trinajstić information content (AvgIpc) is 2.67. The van der Waals surface area contributed by atoms with Gasteiger partial charge in [-0.3, -0.25) is 9.59 Å². The Bertz CT molecular complexity index is 1120. The number of carbonyl (C=O) groups excluding carboxylic acids is 1. The largest absolute Gasteiger partial charge is 0.370 e. The molecule has 0 radical (unpaired) electrons. The van der Waals surface area contributed by atoms with E-state index >= 15 is 0 Å². The number of anilines is 1. The lowest BCUT2D eigenvalue weighted by Gasteiger charge is -2.49. The van der Waals surface area contributed by atoms with Crippen molar-refractivity contribution in [2.24, 2.45) is 0 Å². The van der Waals surface area contributed by atoms with E-state index in [2.05, 4.69) is 49.8 Å². The smallest absolute Gasteiger partial charge is 0.253 e. The van der Waals surface area contributed by atoms with Gasteiger partial charge in [0.05, 0.1) is 11.2 Å². The van der Waals surface area contributed by atoms with Gasteiger partial charge >= 0.3 is 0 Å². The number of benzene rings is 1. The van der Waals surface area contributed by atoms with Crippen LogP contribution in [0.2, 0.25) is 5.02 Å². The maximum Gasteiger partial charge on any atom is 0.253 e. The minimum Gasteiger partial charge on any atom is -0.370 e. The summed E-state index contributed by atoms with van der Waals surface area (Å²) in [4.78, 5) is 30.7. The molecule has 2 N–H and O–H groups in total.